The Morgan fingerprint density at radius 3 is 2.65 bits per heavy atom. The molecule has 106 valence electrons. The fourth-order valence-corrected chi connectivity index (χ4v) is 1.94. The van der Waals surface area contributed by atoms with Gasteiger partial charge < -0.3 is 10.7 Å². The first-order valence-electron chi connectivity index (χ1n) is 5.98. The predicted octanol–water partition coefficient (Wildman–Crippen LogP) is 1.77. The zero-order valence-corrected chi connectivity index (χ0v) is 12.3. The van der Waals surface area contributed by atoms with Gasteiger partial charge in [-0.25, -0.2) is 10.8 Å². The van der Waals surface area contributed by atoms with Crippen LogP contribution in [0.5, 0.6) is 0 Å². The van der Waals surface area contributed by atoms with Crippen molar-refractivity contribution < 1.29 is 4.79 Å². The van der Waals surface area contributed by atoms with E-state index in [4.69, 9.17) is 5.84 Å². The van der Waals surface area contributed by atoms with E-state index >= 15 is 0 Å². The molecule has 0 aromatic carbocycles. The Labute approximate surface area is 120 Å². The van der Waals surface area contributed by atoms with Crippen LogP contribution in [0.4, 0.5) is 10.8 Å². The van der Waals surface area contributed by atoms with Crippen LogP contribution in [0.2, 0.25) is 0 Å². The molecule has 7 nitrogen and oxygen atoms in total. The molecule has 1 amide bonds. The van der Waals surface area contributed by atoms with Crippen molar-refractivity contribution >= 4 is 28.3 Å². The Morgan fingerprint density at radius 1 is 1.35 bits per heavy atom. The Morgan fingerprint density at radius 2 is 2.10 bits per heavy atom. The van der Waals surface area contributed by atoms with Crippen LogP contribution in [0.1, 0.15) is 36.8 Å². The van der Waals surface area contributed by atoms with Gasteiger partial charge in [0.05, 0.1) is 6.20 Å². The van der Waals surface area contributed by atoms with E-state index in [1.807, 2.05) is 20.8 Å². The van der Waals surface area contributed by atoms with Crippen molar-refractivity contribution in [3.05, 3.63) is 29.6 Å². The fourth-order valence-electron chi connectivity index (χ4n) is 1.53. The zero-order chi connectivity index (χ0) is 14.8. The maximum atomic E-state index is 12.2. The summed E-state index contributed by atoms with van der Waals surface area (Å²) >= 11 is 1.12. The highest BCUT2D eigenvalue weighted by Crippen LogP contribution is 2.23. The van der Waals surface area contributed by atoms with E-state index in [-0.39, 0.29) is 11.3 Å². The van der Waals surface area contributed by atoms with Gasteiger partial charge in [0, 0.05) is 28.2 Å². The second-order valence-corrected chi connectivity index (χ2v) is 6.04. The highest BCUT2D eigenvalue weighted by molar-refractivity contribution is 7.10. The van der Waals surface area contributed by atoms with E-state index in [9.17, 15) is 4.79 Å². The van der Waals surface area contributed by atoms with Gasteiger partial charge in [-0.15, -0.1) is 5.10 Å². The number of carbonyl (C=O) groups is 1. The average Bonchev–Trinajstić information content (AvgIpc) is 2.90. The molecule has 2 rings (SSSR count). The number of carbonyl (C=O) groups excluding carboxylic acids is 1. The van der Waals surface area contributed by atoms with Crippen LogP contribution in [0.3, 0.4) is 0 Å². The molecule has 0 spiro atoms. The second-order valence-electron chi connectivity index (χ2n) is 5.26. The highest BCUT2D eigenvalue weighted by atomic mass is 32.1. The molecule has 2 heterocycles. The Bertz CT molecular complexity index is 605. The van der Waals surface area contributed by atoms with Gasteiger partial charge in [-0.1, -0.05) is 25.3 Å². The molecule has 0 saturated heterocycles. The largest absolute Gasteiger partial charge is 0.311 e. The van der Waals surface area contributed by atoms with E-state index < -0.39 is 0 Å². The SMILES string of the molecule is CC(C)(C)c1cc(C(=O)Nc2cnns2)cc(NN)n1. The lowest BCUT2D eigenvalue weighted by atomic mass is 9.90. The second kappa shape index (κ2) is 5.51. The number of nitrogens with one attached hydrogen (secondary N) is 2. The number of amides is 1. The molecule has 0 saturated carbocycles. The van der Waals surface area contributed by atoms with Crippen LogP contribution >= 0.6 is 11.5 Å². The number of nitrogen functional groups attached to an aromatic ring is 1. The summed E-state index contributed by atoms with van der Waals surface area (Å²) in [6, 6.07) is 3.35. The van der Waals surface area contributed by atoms with Crippen LogP contribution in [-0.4, -0.2) is 20.5 Å². The molecule has 2 aromatic heterocycles. The summed E-state index contributed by atoms with van der Waals surface area (Å²) in [7, 11) is 0. The van der Waals surface area contributed by atoms with Gasteiger partial charge in [0.1, 0.15) is 10.8 Å². The molecular weight excluding hydrogens is 276 g/mol. The highest BCUT2D eigenvalue weighted by Gasteiger charge is 2.19. The third kappa shape index (κ3) is 3.28. The summed E-state index contributed by atoms with van der Waals surface area (Å²) in [4.78, 5) is 16.6. The minimum absolute atomic E-state index is 0.187. The van der Waals surface area contributed by atoms with Crippen molar-refractivity contribution in [2.45, 2.75) is 26.2 Å². The van der Waals surface area contributed by atoms with Crippen molar-refractivity contribution in [3.8, 4) is 0 Å². The number of nitrogens with two attached hydrogens (primary N) is 1. The van der Waals surface area contributed by atoms with Crippen LogP contribution in [-0.2, 0) is 5.41 Å². The molecule has 4 N–H and O–H groups in total. The zero-order valence-electron chi connectivity index (χ0n) is 11.5. The lowest BCUT2D eigenvalue weighted by molar-refractivity contribution is 0.102. The minimum atomic E-state index is -0.250. The molecule has 0 bridgehead atoms. The monoisotopic (exact) mass is 292 g/mol. The summed E-state index contributed by atoms with van der Waals surface area (Å²) in [5.41, 5.74) is 3.55. The van der Waals surface area contributed by atoms with E-state index in [1.54, 1.807) is 12.1 Å². The van der Waals surface area contributed by atoms with Crippen molar-refractivity contribution in [2.75, 3.05) is 10.7 Å². The van der Waals surface area contributed by atoms with Gasteiger partial charge in [0.25, 0.3) is 5.91 Å². The first kappa shape index (κ1) is 14.4. The topological polar surface area (TPSA) is 106 Å². The smallest absolute Gasteiger partial charge is 0.256 e. The molecular formula is C12H16N6OS. The minimum Gasteiger partial charge on any atom is -0.311 e. The van der Waals surface area contributed by atoms with Crippen molar-refractivity contribution in [3.63, 3.8) is 0 Å². The normalized spacial score (nSPS) is 11.2. The summed E-state index contributed by atoms with van der Waals surface area (Å²) < 4.78 is 3.69. The Hall–Kier alpha value is -2.06. The van der Waals surface area contributed by atoms with Gasteiger partial charge in [-0.2, -0.15) is 0 Å². The molecule has 0 aliphatic heterocycles. The van der Waals surface area contributed by atoms with Crippen LogP contribution in [0, 0.1) is 0 Å². The van der Waals surface area contributed by atoms with Crippen molar-refractivity contribution in [2.24, 2.45) is 5.84 Å². The summed E-state index contributed by atoms with van der Waals surface area (Å²) in [6.07, 6.45) is 1.50. The van der Waals surface area contributed by atoms with E-state index in [0.717, 1.165) is 17.2 Å². The van der Waals surface area contributed by atoms with Crippen molar-refractivity contribution in [1.29, 1.82) is 0 Å². The molecule has 2 aromatic rings. The molecule has 0 radical (unpaired) electrons. The maximum Gasteiger partial charge on any atom is 0.256 e. The lowest BCUT2D eigenvalue weighted by Crippen LogP contribution is -2.20. The number of aromatic nitrogens is 3. The molecule has 8 heteroatoms. The number of anilines is 2. The quantitative estimate of drug-likeness (QED) is 0.588. The number of pyridine rings is 1. The average molecular weight is 292 g/mol. The number of rotatable bonds is 3. The van der Waals surface area contributed by atoms with Gasteiger partial charge in [-0.05, 0) is 12.1 Å². The molecule has 0 atom stereocenters. The maximum absolute atomic E-state index is 12.2. The van der Waals surface area contributed by atoms with E-state index in [2.05, 4.69) is 25.3 Å². The number of hydrogen-bond acceptors (Lipinski definition) is 7. The molecule has 0 aliphatic rings. The van der Waals surface area contributed by atoms with Crippen molar-refractivity contribution in [1.82, 2.24) is 14.6 Å². The summed E-state index contributed by atoms with van der Waals surface area (Å²) in [5, 5.41) is 6.98. The fraction of sp³-hybridized carbons (Fsp3) is 0.333. The number of hydrazine groups is 1. The standard InChI is InChI=1S/C12H16N6OS/c1-12(2,3)8-4-7(5-9(15-8)17-13)11(19)16-10-6-14-18-20-10/h4-6H,13H2,1-3H3,(H,15,17)(H,16,19). The third-order valence-corrected chi connectivity index (χ3v) is 3.18. The van der Waals surface area contributed by atoms with Gasteiger partial charge in [0.2, 0.25) is 0 Å². The van der Waals surface area contributed by atoms with E-state index in [1.165, 1.54) is 6.20 Å². The molecule has 0 fully saturated rings. The third-order valence-electron chi connectivity index (χ3n) is 2.60. The van der Waals surface area contributed by atoms with Crippen LogP contribution in [0.25, 0.3) is 0 Å². The molecule has 20 heavy (non-hydrogen) atoms. The number of nitrogens with zero attached hydrogens (tertiary/aromatic N) is 3. The van der Waals surface area contributed by atoms with Crippen LogP contribution < -0.4 is 16.6 Å². The summed E-state index contributed by atoms with van der Waals surface area (Å²) in [5.74, 6) is 5.60. The first-order chi connectivity index (χ1) is 9.40. The predicted molar refractivity (Wildman–Crippen MR) is 78.6 cm³/mol. The lowest BCUT2D eigenvalue weighted by Gasteiger charge is -2.19. The molecule has 0 unspecified atom stereocenters. The summed E-state index contributed by atoms with van der Waals surface area (Å²) in [6.45, 7) is 6.05. The van der Waals surface area contributed by atoms with Gasteiger partial charge in [-0.3, -0.25) is 4.79 Å². The van der Waals surface area contributed by atoms with Crippen LogP contribution in [0.15, 0.2) is 18.3 Å². The van der Waals surface area contributed by atoms with Gasteiger partial charge >= 0.3 is 0 Å². The first-order valence-corrected chi connectivity index (χ1v) is 6.75. The number of hydrogen-bond donors (Lipinski definition) is 3. The Balaban J connectivity index is 2.33. The Kier molecular flexibility index (Phi) is 3.96. The molecule has 0 aliphatic carbocycles. The van der Waals surface area contributed by atoms with E-state index in [0.29, 0.717) is 16.4 Å². The van der Waals surface area contributed by atoms with Gasteiger partial charge in [0.15, 0.2) is 0 Å².